The van der Waals surface area contributed by atoms with Crippen LogP contribution in [0.5, 0.6) is 0 Å². The number of nitrogens with one attached hydrogen (secondary N) is 1. The molecule has 5 nitrogen and oxygen atoms in total. The minimum absolute atomic E-state index is 0.165. The summed E-state index contributed by atoms with van der Waals surface area (Å²) < 4.78 is 25.0. The predicted molar refractivity (Wildman–Crippen MR) is 102 cm³/mol. The number of imidazole rings is 1. The first kappa shape index (κ1) is 17.5. The minimum Gasteiger partial charge on any atom is -0.378 e. The van der Waals surface area contributed by atoms with Crippen molar-refractivity contribution >= 4 is 21.2 Å². The lowest BCUT2D eigenvalue weighted by molar-refractivity contribution is 0.601. The Kier molecular flexibility index (Phi) is 4.81. The zero-order valence-corrected chi connectivity index (χ0v) is 15.6. The second-order valence-corrected chi connectivity index (χ2v) is 8.66. The number of benzene rings is 1. The Balaban J connectivity index is 1.82. The topological polar surface area (TPSA) is 63.5 Å². The third kappa shape index (κ3) is 4.02. The number of pyridine rings is 1. The highest BCUT2D eigenvalue weighted by Crippen LogP contribution is 2.21. The van der Waals surface area contributed by atoms with Crippen LogP contribution in [0.25, 0.3) is 5.65 Å². The Morgan fingerprint density at radius 3 is 2.52 bits per heavy atom. The highest BCUT2D eigenvalue weighted by molar-refractivity contribution is 7.90. The number of rotatable bonds is 6. The van der Waals surface area contributed by atoms with Gasteiger partial charge < -0.3 is 9.72 Å². The van der Waals surface area contributed by atoms with E-state index in [0.717, 1.165) is 33.8 Å². The molecule has 0 aliphatic carbocycles. The standard InChI is InChI=1S/C19H23N3O2S/c1-14-15(2)22-11-6-9-18(19(22)21-14)20-13-17-8-5-4-7-16(17)10-12-25(3,23)24/h4-9,11,20H,10,12-13H2,1-3H3. The van der Waals surface area contributed by atoms with Crippen molar-refractivity contribution in [2.75, 3.05) is 17.3 Å². The van der Waals surface area contributed by atoms with Crippen LogP contribution in [0.15, 0.2) is 42.6 Å². The van der Waals surface area contributed by atoms with E-state index in [4.69, 9.17) is 0 Å². The van der Waals surface area contributed by atoms with Gasteiger partial charge in [0.2, 0.25) is 0 Å². The quantitative estimate of drug-likeness (QED) is 0.736. The maximum atomic E-state index is 11.4. The van der Waals surface area contributed by atoms with Crippen molar-refractivity contribution in [2.24, 2.45) is 0 Å². The van der Waals surface area contributed by atoms with Crippen molar-refractivity contribution in [3.8, 4) is 0 Å². The van der Waals surface area contributed by atoms with Gasteiger partial charge in [0.15, 0.2) is 5.65 Å². The first-order valence-electron chi connectivity index (χ1n) is 8.28. The largest absolute Gasteiger partial charge is 0.378 e. The van der Waals surface area contributed by atoms with E-state index < -0.39 is 9.84 Å². The smallest absolute Gasteiger partial charge is 0.160 e. The molecule has 1 N–H and O–H groups in total. The summed E-state index contributed by atoms with van der Waals surface area (Å²) in [6.07, 6.45) is 3.82. The average molecular weight is 357 g/mol. The molecular formula is C19H23N3O2S. The van der Waals surface area contributed by atoms with Crippen LogP contribution in [-0.2, 0) is 22.8 Å². The molecule has 1 aromatic carbocycles. The Bertz CT molecular complexity index is 1010. The van der Waals surface area contributed by atoms with Crippen LogP contribution in [0.3, 0.4) is 0 Å². The summed E-state index contributed by atoms with van der Waals surface area (Å²) in [7, 11) is -2.97. The molecule has 0 aliphatic heterocycles. The summed E-state index contributed by atoms with van der Waals surface area (Å²) in [6, 6.07) is 12.0. The first-order valence-corrected chi connectivity index (χ1v) is 10.3. The van der Waals surface area contributed by atoms with Crippen LogP contribution in [0.4, 0.5) is 5.69 Å². The molecule has 0 radical (unpaired) electrons. The Labute approximate surface area is 148 Å². The molecule has 0 saturated heterocycles. The first-order chi connectivity index (χ1) is 11.8. The van der Waals surface area contributed by atoms with Gasteiger partial charge in [-0.05, 0) is 43.5 Å². The number of fused-ring (bicyclic) bond motifs is 1. The van der Waals surface area contributed by atoms with Crippen molar-refractivity contribution in [1.82, 2.24) is 9.38 Å². The number of aryl methyl sites for hydroxylation is 3. The molecule has 3 aromatic rings. The number of aromatic nitrogens is 2. The van der Waals surface area contributed by atoms with Gasteiger partial charge in [0, 0.05) is 24.7 Å². The van der Waals surface area contributed by atoms with Gasteiger partial charge in [-0.25, -0.2) is 13.4 Å². The van der Waals surface area contributed by atoms with Crippen LogP contribution >= 0.6 is 0 Å². The number of sulfone groups is 1. The predicted octanol–water partition coefficient (Wildman–Crippen LogP) is 3.15. The van der Waals surface area contributed by atoms with Crippen molar-refractivity contribution < 1.29 is 8.42 Å². The molecule has 0 aliphatic rings. The third-order valence-corrected chi connectivity index (χ3v) is 5.40. The number of anilines is 1. The van der Waals surface area contributed by atoms with Crippen LogP contribution in [0, 0.1) is 13.8 Å². The summed E-state index contributed by atoms with van der Waals surface area (Å²) in [4.78, 5) is 4.64. The Morgan fingerprint density at radius 2 is 1.80 bits per heavy atom. The highest BCUT2D eigenvalue weighted by atomic mass is 32.2. The van der Waals surface area contributed by atoms with Gasteiger partial charge in [0.25, 0.3) is 0 Å². The molecule has 6 heteroatoms. The number of nitrogens with zero attached hydrogens (tertiary/aromatic N) is 2. The lowest BCUT2D eigenvalue weighted by Crippen LogP contribution is -2.09. The van der Waals surface area contributed by atoms with Crippen LogP contribution in [0.1, 0.15) is 22.5 Å². The molecule has 2 heterocycles. The summed E-state index contributed by atoms with van der Waals surface area (Å²) in [5, 5.41) is 3.45. The van der Waals surface area contributed by atoms with E-state index in [2.05, 4.69) is 21.6 Å². The van der Waals surface area contributed by atoms with E-state index in [9.17, 15) is 8.42 Å². The third-order valence-electron chi connectivity index (χ3n) is 4.46. The summed E-state index contributed by atoms with van der Waals surface area (Å²) in [5.41, 5.74) is 6.19. The normalized spacial score (nSPS) is 11.8. The zero-order valence-electron chi connectivity index (χ0n) is 14.8. The van der Waals surface area contributed by atoms with E-state index in [0.29, 0.717) is 13.0 Å². The molecule has 0 bridgehead atoms. The SMILES string of the molecule is Cc1nc2c(NCc3ccccc3CCS(C)(=O)=O)cccn2c1C. The Morgan fingerprint density at radius 1 is 1.08 bits per heavy atom. The van der Waals surface area contributed by atoms with E-state index in [1.807, 2.05) is 49.5 Å². The molecule has 0 spiro atoms. The molecule has 0 atom stereocenters. The summed E-state index contributed by atoms with van der Waals surface area (Å²) in [5.74, 6) is 0.165. The molecule has 0 amide bonds. The van der Waals surface area contributed by atoms with Gasteiger partial charge in [-0.2, -0.15) is 0 Å². The van der Waals surface area contributed by atoms with Gasteiger partial charge in [0.05, 0.1) is 17.1 Å². The van der Waals surface area contributed by atoms with E-state index in [-0.39, 0.29) is 5.75 Å². The lowest BCUT2D eigenvalue weighted by atomic mass is 10.1. The second-order valence-electron chi connectivity index (χ2n) is 6.40. The van der Waals surface area contributed by atoms with Gasteiger partial charge >= 0.3 is 0 Å². The van der Waals surface area contributed by atoms with E-state index >= 15 is 0 Å². The van der Waals surface area contributed by atoms with Crippen molar-refractivity contribution in [1.29, 1.82) is 0 Å². The van der Waals surface area contributed by atoms with E-state index in [1.54, 1.807) is 0 Å². The van der Waals surface area contributed by atoms with Crippen molar-refractivity contribution in [3.05, 3.63) is 65.1 Å². The number of hydrogen-bond acceptors (Lipinski definition) is 4. The second kappa shape index (κ2) is 6.88. The molecule has 3 rings (SSSR count). The van der Waals surface area contributed by atoms with Crippen LogP contribution in [0.2, 0.25) is 0 Å². The fourth-order valence-corrected chi connectivity index (χ4v) is 3.49. The van der Waals surface area contributed by atoms with Gasteiger partial charge in [-0.15, -0.1) is 0 Å². The Hall–Kier alpha value is -2.34. The van der Waals surface area contributed by atoms with Crippen LogP contribution in [-0.4, -0.2) is 29.8 Å². The molecule has 0 unspecified atom stereocenters. The molecular weight excluding hydrogens is 334 g/mol. The van der Waals surface area contributed by atoms with Crippen molar-refractivity contribution in [3.63, 3.8) is 0 Å². The van der Waals surface area contributed by atoms with Crippen LogP contribution < -0.4 is 5.32 Å². The maximum Gasteiger partial charge on any atom is 0.160 e. The fraction of sp³-hybridized carbons (Fsp3) is 0.316. The van der Waals surface area contributed by atoms with Gasteiger partial charge in [0.1, 0.15) is 9.84 Å². The summed E-state index contributed by atoms with van der Waals surface area (Å²) >= 11 is 0. The highest BCUT2D eigenvalue weighted by Gasteiger charge is 2.10. The monoisotopic (exact) mass is 357 g/mol. The fourth-order valence-electron chi connectivity index (χ4n) is 2.90. The zero-order chi connectivity index (χ0) is 18.0. The van der Waals surface area contributed by atoms with Gasteiger partial charge in [-0.3, -0.25) is 0 Å². The van der Waals surface area contributed by atoms with Crippen molar-refractivity contribution in [2.45, 2.75) is 26.8 Å². The maximum absolute atomic E-state index is 11.4. The van der Waals surface area contributed by atoms with E-state index in [1.165, 1.54) is 6.26 Å². The molecule has 0 saturated carbocycles. The van der Waals surface area contributed by atoms with Gasteiger partial charge in [-0.1, -0.05) is 24.3 Å². The molecule has 0 fully saturated rings. The minimum atomic E-state index is -2.97. The lowest BCUT2D eigenvalue weighted by Gasteiger charge is -2.12. The molecule has 132 valence electrons. The average Bonchev–Trinajstić information content (AvgIpc) is 2.86. The summed E-state index contributed by atoms with van der Waals surface area (Å²) in [6.45, 7) is 4.69. The number of hydrogen-bond donors (Lipinski definition) is 1. The molecule has 2 aromatic heterocycles. The molecule has 25 heavy (non-hydrogen) atoms.